The quantitative estimate of drug-likeness (QED) is 0.329. The Labute approximate surface area is 78.2 Å². The molecule has 12 heavy (non-hydrogen) atoms. The summed E-state index contributed by atoms with van der Waals surface area (Å²) in [5, 5.41) is 0. The van der Waals surface area contributed by atoms with Gasteiger partial charge in [0.05, 0.1) is 0 Å². The number of allylic oxidation sites excluding steroid dienone is 2. The molecule has 0 aliphatic heterocycles. The minimum Gasteiger partial charge on any atom is -0.302 e. The Balaban J connectivity index is 3.03. The van der Waals surface area contributed by atoms with Crippen LogP contribution in [0, 0.1) is 0 Å². The third-order valence-electron chi connectivity index (χ3n) is 1.87. The number of hydrogen-bond acceptors (Lipinski definition) is 0. The molecule has 0 spiro atoms. The Hall–Kier alpha value is -0.0831. The minimum atomic E-state index is -1.52. The summed E-state index contributed by atoms with van der Waals surface area (Å²) in [7, 11) is -1.52. The Kier molecular flexibility index (Phi) is 8.95. The first-order valence-electron chi connectivity index (χ1n) is 5.08. The third-order valence-corrected chi connectivity index (χ3v) is 3.09. The van der Waals surface area contributed by atoms with Crippen LogP contribution in [0.5, 0.6) is 0 Å². The molecule has 0 aromatic carbocycles. The topological polar surface area (TPSA) is 19.9 Å². The highest BCUT2D eigenvalue weighted by Crippen LogP contribution is 2.02. The first-order valence-corrected chi connectivity index (χ1v) is 7.52. The van der Waals surface area contributed by atoms with Crippen molar-refractivity contribution in [3.8, 4) is 0 Å². The monoisotopic (exact) mass is 185 g/mol. The smallest absolute Gasteiger partial charge is 0.219 e. The molecule has 0 aliphatic carbocycles. The Bertz CT molecular complexity index is 110. The van der Waals surface area contributed by atoms with E-state index < -0.39 is 9.04 Å². The summed E-state index contributed by atoms with van der Waals surface area (Å²) in [4.78, 5) is 10.8. The number of rotatable bonds is 7. The first-order chi connectivity index (χ1) is 5.77. The molecule has 0 aromatic heterocycles. The van der Waals surface area contributed by atoms with Gasteiger partial charge in [-0.3, -0.25) is 0 Å². The first kappa shape index (κ1) is 11.9. The van der Waals surface area contributed by atoms with Crippen molar-refractivity contribution in [1.82, 2.24) is 0 Å². The van der Waals surface area contributed by atoms with Crippen molar-refractivity contribution >= 4 is 9.04 Å². The molecule has 2 heteroatoms. The lowest BCUT2D eigenvalue weighted by Crippen LogP contribution is -2.00. The fourth-order valence-electron chi connectivity index (χ4n) is 1.08. The lowest BCUT2D eigenvalue weighted by atomic mass is 10.2. The number of hydrogen-bond donors (Lipinski definition) is 0. The molecular weight excluding hydrogens is 164 g/mol. The molecule has 1 radical (unpaired) electrons. The predicted molar refractivity (Wildman–Crippen MR) is 56.4 cm³/mol. The molecule has 0 N–H and O–H groups in total. The summed E-state index contributed by atoms with van der Waals surface area (Å²) in [5.41, 5.74) is 0. The zero-order valence-electron chi connectivity index (χ0n) is 8.38. The van der Waals surface area contributed by atoms with Gasteiger partial charge in [-0.05, 0) is 25.4 Å². The van der Waals surface area contributed by atoms with Gasteiger partial charge in [-0.1, -0.05) is 38.3 Å². The van der Waals surface area contributed by atoms with Gasteiger partial charge in [0, 0.05) is 0 Å². The van der Waals surface area contributed by atoms with Crippen LogP contribution in [-0.2, 0) is 4.80 Å². The molecule has 71 valence electrons. The van der Waals surface area contributed by atoms with Crippen molar-refractivity contribution < 1.29 is 4.80 Å². The maximum absolute atomic E-state index is 10.8. The maximum Gasteiger partial charge on any atom is 0.219 e. The minimum absolute atomic E-state index is 0.956. The molecule has 0 saturated carbocycles. The zero-order chi connectivity index (χ0) is 9.23. The van der Waals surface area contributed by atoms with Crippen molar-refractivity contribution in [3.05, 3.63) is 12.2 Å². The summed E-state index contributed by atoms with van der Waals surface area (Å²) in [6, 6.07) is 0.956. The normalized spacial score (nSPS) is 13.9. The van der Waals surface area contributed by atoms with E-state index in [1.165, 1.54) is 19.3 Å². The Morgan fingerprint density at radius 1 is 1.17 bits per heavy atom. The van der Waals surface area contributed by atoms with Crippen LogP contribution in [0.15, 0.2) is 12.2 Å². The third kappa shape index (κ3) is 9.92. The van der Waals surface area contributed by atoms with E-state index in [2.05, 4.69) is 19.1 Å². The van der Waals surface area contributed by atoms with Gasteiger partial charge < -0.3 is 4.80 Å². The lowest BCUT2D eigenvalue weighted by molar-refractivity contribution is 0.450. The molecule has 0 amide bonds. The molecule has 0 fully saturated rings. The van der Waals surface area contributed by atoms with Crippen LogP contribution >= 0.6 is 0 Å². The van der Waals surface area contributed by atoms with E-state index in [-0.39, 0.29) is 0 Å². The summed E-state index contributed by atoms with van der Waals surface area (Å²) < 4.78 is 0. The van der Waals surface area contributed by atoms with Crippen molar-refractivity contribution in [3.63, 3.8) is 0 Å². The standard InChI is InChI=1S/C10H21OSi/c1-3-4-5-6-7-8-9-10-12(2)11/h6-7,12H,3-5,8-10H2,1-2H3. The number of unbranched alkanes of at least 4 members (excludes halogenated alkanes) is 3. The molecule has 0 bridgehead atoms. The van der Waals surface area contributed by atoms with E-state index in [1.54, 1.807) is 0 Å². The lowest BCUT2D eigenvalue weighted by Gasteiger charge is -1.95. The van der Waals surface area contributed by atoms with Gasteiger partial charge in [0.2, 0.25) is 9.04 Å². The molecule has 0 aromatic rings. The predicted octanol–water partition coefficient (Wildman–Crippen LogP) is 3.30. The Morgan fingerprint density at radius 2 is 1.75 bits per heavy atom. The SMILES string of the molecule is CCCCC=CCCC[SiH](C)[O]. The molecular formula is C10H21OSi. The second-order valence-electron chi connectivity index (χ2n) is 3.36. The van der Waals surface area contributed by atoms with Crippen LogP contribution in [0.2, 0.25) is 12.6 Å². The van der Waals surface area contributed by atoms with Gasteiger partial charge in [-0.25, -0.2) is 0 Å². The van der Waals surface area contributed by atoms with E-state index >= 15 is 0 Å². The van der Waals surface area contributed by atoms with Crippen molar-refractivity contribution in [1.29, 1.82) is 0 Å². The van der Waals surface area contributed by atoms with Gasteiger partial charge in [0.25, 0.3) is 0 Å². The van der Waals surface area contributed by atoms with Gasteiger partial charge in [-0.15, -0.1) is 0 Å². The highest BCUT2D eigenvalue weighted by atomic mass is 28.3. The van der Waals surface area contributed by atoms with Crippen LogP contribution in [0.3, 0.4) is 0 Å². The van der Waals surface area contributed by atoms with Crippen LogP contribution in [0.4, 0.5) is 0 Å². The summed E-state index contributed by atoms with van der Waals surface area (Å²) >= 11 is 0. The summed E-state index contributed by atoms with van der Waals surface area (Å²) in [6.07, 6.45) is 10.5. The molecule has 0 rings (SSSR count). The van der Waals surface area contributed by atoms with E-state index in [0.717, 1.165) is 18.9 Å². The highest BCUT2D eigenvalue weighted by molar-refractivity contribution is 6.48. The van der Waals surface area contributed by atoms with Crippen molar-refractivity contribution in [2.45, 2.75) is 51.6 Å². The molecule has 0 aliphatic rings. The van der Waals surface area contributed by atoms with Gasteiger partial charge in [0.1, 0.15) is 0 Å². The van der Waals surface area contributed by atoms with Crippen molar-refractivity contribution in [2.75, 3.05) is 0 Å². The van der Waals surface area contributed by atoms with E-state index in [9.17, 15) is 4.80 Å². The van der Waals surface area contributed by atoms with Crippen LogP contribution < -0.4 is 0 Å². The molecule has 0 saturated heterocycles. The van der Waals surface area contributed by atoms with Crippen LogP contribution in [-0.4, -0.2) is 9.04 Å². The second-order valence-corrected chi connectivity index (χ2v) is 5.55. The van der Waals surface area contributed by atoms with E-state index in [4.69, 9.17) is 0 Å². The fraction of sp³-hybridized carbons (Fsp3) is 0.800. The Morgan fingerprint density at radius 3 is 2.25 bits per heavy atom. The van der Waals surface area contributed by atoms with Crippen LogP contribution in [0.25, 0.3) is 0 Å². The average Bonchev–Trinajstić information content (AvgIpc) is 2.02. The van der Waals surface area contributed by atoms with Crippen LogP contribution in [0.1, 0.15) is 39.0 Å². The van der Waals surface area contributed by atoms with Gasteiger partial charge >= 0.3 is 0 Å². The molecule has 0 heterocycles. The summed E-state index contributed by atoms with van der Waals surface area (Å²) in [6.45, 7) is 4.08. The fourth-order valence-corrected chi connectivity index (χ4v) is 1.89. The van der Waals surface area contributed by atoms with E-state index in [0.29, 0.717) is 0 Å². The summed E-state index contributed by atoms with van der Waals surface area (Å²) in [5.74, 6) is 0. The largest absolute Gasteiger partial charge is 0.302 e. The van der Waals surface area contributed by atoms with E-state index in [1.807, 2.05) is 6.55 Å². The van der Waals surface area contributed by atoms with Crippen molar-refractivity contribution in [2.24, 2.45) is 0 Å². The zero-order valence-corrected chi connectivity index (χ0v) is 9.54. The second kappa shape index (κ2) is 9.01. The molecule has 1 atom stereocenters. The maximum atomic E-state index is 10.8. The molecule has 1 nitrogen and oxygen atoms in total. The van der Waals surface area contributed by atoms with Gasteiger partial charge in [0.15, 0.2) is 0 Å². The van der Waals surface area contributed by atoms with Gasteiger partial charge in [-0.2, -0.15) is 0 Å². The molecule has 1 unspecified atom stereocenters. The average molecular weight is 185 g/mol. The highest BCUT2D eigenvalue weighted by Gasteiger charge is 1.97.